The number of nitrogens with one attached hydrogen (secondary N) is 2. The number of methoxy groups -OCH3 is 1. The average molecular weight is 351 g/mol. The van der Waals surface area contributed by atoms with Crippen LogP contribution in [0.1, 0.15) is 30.9 Å². The molecule has 0 amide bonds. The van der Waals surface area contributed by atoms with Gasteiger partial charge in [-0.1, -0.05) is 12.1 Å². The number of hydrogen-bond donors (Lipinski definition) is 2. The van der Waals surface area contributed by atoms with Crippen LogP contribution in [0.3, 0.4) is 0 Å². The van der Waals surface area contributed by atoms with E-state index in [1.807, 2.05) is 6.92 Å². The summed E-state index contributed by atoms with van der Waals surface area (Å²) in [4.78, 5) is 4.26. The fourth-order valence-electron chi connectivity index (χ4n) is 2.26. The third kappa shape index (κ3) is 9.31. The van der Waals surface area contributed by atoms with E-state index >= 15 is 0 Å². The summed E-state index contributed by atoms with van der Waals surface area (Å²) < 4.78 is 16.2. The standard InChI is InChI=1S/C19H33N3O3/c1-5-24-11-7-6-10-21-19(20-3)22-15-17-9-8-16(2)14-18(17)25-13-12-23-4/h8-9,14H,5-7,10-13,15H2,1-4H3,(H2,20,21,22). The number of unbranched alkanes of at least 4 members (excludes halogenated alkanes) is 1. The summed E-state index contributed by atoms with van der Waals surface area (Å²) in [6, 6.07) is 6.22. The van der Waals surface area contributed by atoms with Crippen LogP contribution in [0.15, 0.2) is 23.2 Å². The minimum Gasteiger partial charge on any atom is -0.491 e. The molecule has 6 heteroatoms. The maximum atomic E-state index is 5.82. The lowest BCUT2D eigenvalue weighted by Crippen LogP contribution is -2.37. The number of benzene rings is 1. The van der Waals surface area contributed by atoms with Crippen LogP contribution in [0, 0.1) is 6.92 Å². The van der Waals surface area contributed by atoms with Crippen molar-refractivity contribution in [1.29, 1.82) is 0 Å². The number of aliphatic imine (C=N–C) groups is 1. The molecule has 1 aromatic rings. The van der Waals surface area contributed by atoms with E-state index in [0.29, 0.717) is 19.8 Å². The monoisotopic (exact) mass is 351 g/mol. The Kier molecular flexibility index (Phi) is 11.5. The molecule has 0 heterocycles. The van der Waals surface area contributed by atoms with Crippen molar-refractivity contribution in [2.75, 3.05) is 47.1 Å². The van der Waals surface area contributed by atoms with Crippen LogP contribution in [0.4, 0.5) is 0 Å². The highest BCUT2D eigenvalue weighted by atomic mass is 16.5. The van der Waals surface area contributed by atoms with E-state index < -0.39 is 0 Å². The first kappa shape index (κ1) is 21.3. The molecule has 0 saturated carbocycles. The molecule has 0 saturated heterocycles. The van der Waals surface area contributed by atoms with Crippen molar-refractivity contribution in [1.82, 2.24) is 10.6 Å². The van der Waals surface area contributed by atoms with E-state index in [2.05, 4.69) is 40.7 Å². The lowest BCUT2D eigenvalue weighted by atomic mass is 10.1. The Labute approximate surface area is 152 Å². The molecule has 6 nitrogen and oxygen atoms in total. The predicted octanol–water partition coefficient (Wildman–Crippen LogP) is 2.50. The zero-order valence-corrected chi connectivity index (χ0v) is 16.1. The first-order valence-corrected chi connectivity index (χ1v) is 8.94. The van der Waals surface area contributed by atoms with Crippen molar-refractivity contribution in [2.24, 2.45) is 4.99 Å². The van der Waals surface area contributed by atoms with Crippen LogP contribution in [-0.2, 0) is 16.0 Å². The van der Waals surface area contributed by atoms with Gasteiger partial charge < -0.3 is 24.8 Å². The van der Waals surface area contributed by atoms with Gasteiger partial charge in [0.05, 0.1) is 6.61 Å². The minimum atomic E-state index is 0.541. The molecular weight excluding hydrogens is 318 g/mol. The van der Waals surface area contributed by atoms with Crippen molar-refractivity contribution in [3.05, 3.63) is 29.3 Å². The fraction of sp³-hybridized carbons (Fsp3) is 0.632. The SMILES string of the molecule is CCOCCCCNC(=NC)NCc1ccc(C)cc1OCCOC. The van der Waals surface area contributed by atoms with Crippen molar-refractivity contribution in [2.45, 2.75) is 33.2 Å². The Morgan fingerprint density at radius 3 is 2.68 bits per heavy atom. The Morgan fingerprint density at radius 1 is 1.12 bits per heavy atom. The lowest BCUT2D eigenvalue weighted by Gasteiger charge is -2.15. The van der Waals surface area contributed by atoms with Crippen LogP contribution >= 0.6 is 0 Å². The highest BCUT2D eigenvalue weighted by Crippen LogP contribution is 2.20. The second-order valence-corrected chi connectivity index (χ2v) is 5.71. The quantitative estimate of drug-likeness (QED) is 0.344. The average Bonchev–Trinajstić information content (AvgIpc) is 2.62. The van der Waals surface area contributed by atoms with Gasteiger partial charge >= 0.3 is 0 Å². The molecule has 0 atom stereocenters. The summed E-state index contributed by atoms with van der Waals surface area (Å²) >= 11 is 0. The van der Waals surface area contributed by atoms with Crippen LogP contribution in [0.2, 0.25) is 0 Å². The van der Waals surface area contributed by atoms with Crippen LogP contribution in [0.5, 0.6) is 5.75 Å². The summed E-state index contributed by atoms with van der Waals surface area (Å²) in [6.45, 7) is 8.31. The van der Waals surface area contributed by atoms with Gasteiger partial charge in [0.2, 0.25) is 0 Å². The first-order chi connectivity index (χ1) is 12.2. The minimum absolute atomic E-state index is 0.541. The first-order valence-electron chi connectivity index (χ1n) is 8.94. The van der Waals surface area contributed by atoms with Gasteiger partial charge in [0.15, 0.2) is 5.96 Å². The van der Waals surface area contributed by atoms with E-state index in [-0.39, 0.29) is 0 Å². The summed E-state index contributed by atoms with van der Waals surface area (Å²) in [5, 5.41) is 6.66. The number of ether oxygens (including phenoxy) is 3. The smallest absolute Gasteiger partial charge is 0.191 e. The third-order valence-corrected chi connectivity index (χ3v) is 3.65. The molecule has 25 heavy (non-hydrogen) atoms. The number of rotatable bonds is 12. The summed E-state index contributed by atoms with van der Waals surface area (Å²) in [5.41, 5.74) is 2.27. The predicted molar refractivity (Wildman–Crippen MR) is 102 cm³/mol. The van der Waals surface area contributed by atoms with Gasteiger partial charge in [-0.3, -0.25) is 4.99 Å². The maximum Gasteiger partial charge on any atom is 0.191 e. The second kappa shape index (κ2) is 13.5. The molecule has 0 bridgehead atoms. The Balaban J connectivity index is 2.43. The molecule has 142 valence electrons. The van der Waals surface area contributed by atoms with Gasteiger partial charge in [0, 0.05) is 46.0 Å². The molecule has 0 spiro atoms. The lowest BCUT2D eigenvalue weighted by molar-refractivity contribution is 0.143. The maximum absolute atomic E-state index is 5.82. The van der Waals surface area contributed by atoms with Crippen molar-refractivity contribution in [3.8, 4) is 5.75 Å². The number of hydrogen-bond acceptors (Lipinski definition) is 4. The van der Waals surface area contributed by atoms with Gasteiger partial charge in [-0.2, -0.15) is 0 Å². The van der Waals surface area contributed by atoms with Gasteiger partial charge in [0.25, 0.3) is 0 Å². The fourth-order valence-corrected chi connectivity index (χ4v) is 2.26. The van der Waals surface area contributed by atoms with E-state index in [0.717, 1.165) is 49.9 Å². The van der Waals surface area contributed by atoms with Crippen molar-refractivity contribution >= 4 is 5.96 Å². The Bertz CT molecular complexity index is 507. The highest BCUT2D eigenvalue weighted by Gasteiger charge is 2.06. The number of aryl methyl sites for hydroxylation is 1. The topological polar surface area (TPSA) is 64.1 Å². The molecule has 2 N–H and O–H groups in total. The molecular formula is C19H33N3O3. The molecule has 0 aliphatic rings. The second-order valence-electron chi connectivity index (χ2n) is 5.71. The van der Waals surface area contributed by atoms with Gasteiger partial charge in [-0.05, 0) is 38.3 Å². The van der Waals surface area contributed by atoms with Gasteiger partial charge in [-0.15, -0.1) is 0 Å². The van der Waals surface area contributed by atoms with E-state index in [1.54, 1.807) is 14.2 Å². The number of guanidine groups is 1. The zero-order chi connectivity index (χ0) is 18.3. The van der Waals surface area contributed by atoms with E-state index in [4.69, 9.17) is 14.2 Å². The zero-order valence-electron chi connectivity index (χ0n) is 16.1. The molecule has 0 fully saturated rings. The summed E-state index contributed by atoms with van der Waals surface area (Å²) in [5.74, 6) is 1.68. The Morgan fingerprint density at radius 2 is 1.96 bits per heavy atom. The van der Waals surface area contributed by atoms with E-state index in [1.165, 1.54) is 5.56 Å². The molecule has 0 unspecified atom stereocenters. The van der Waals surface area contributed by atoms with Crippen LogP contribution in [-0.4, -0.2) is 53.1 Å². The molecule has 1 aromatic carbocycles. The largest absolute Gasteiger partial charge is 0.491 e. The van der Waals surface area contributed by atoms with Gasteiger partial charge in [-0.25, -0.2) is 0 Å². The molecule has 1 rings (SSSR count). The number of nitrogens with zero attached hydrogens (tertiary/aromatic N) is 1. The summed E-state index contributed by atoms with van der Waals surface area (Å²) in [6.07, 6.45) is 2.10. The third-order valence-electron chi connectivity index (χ3n) is 3.65. The molecule has 0 aliphatic carbocycles. The molecule has 0 radical (unpaired) electrons. The van der Waals surface area contributed by atoms with Crippen molar-refractivity contribution < 1.29 is 14.2 Å². The van der Waals surface area contributed by atoms with E-state index in [9.17, 15) is 0 Å². The normalized spacial score (nSPS) is 11.4. The molecule has 0 aliphatic heterocycles. The van der Waals surface area contributed by atoms with Crippen molar-refractivity contribution in [3.63, 3.8) is 0 Å². The van der Waals surface area contributed by atoms with Gasteiger partial charge in [0.1, 0.15) is 12.4 Å². The highest BCUT2D eigenvalue weighted by molar-refractivity contribution is 5.79. The van der Waals surface area contributed by atoms with Crippen LogP contribution < -0.4 is 15.4 Å². The Hall–Kier alpha value is -1.79. The van der Waals surface area contributed by atoms with Crippen LogP contribution in [0.25, 0.3) is 0 Å². The summed E-state index contributed by atoms with van der Waals surface area (Å²) in [7, 11) is 3.45. The molecule has 0 aromatic heterocycles.